The first-order chi connectivity index (χ1) is 13.4. The van der Waals surface area contributed by atoms with Gasteiger partial charge in [0.15, 0.2) is 0 Å². The Kier molecular flexibility index (Phi) is 5.27. The van der Waals surface area contributed by atoms with Gasteiger partial charge in [0.1, 0.15) is 10.9 Å². The van der Waals surface area contributed by atoms with E-state index in [-0.39, 0.29) is 11.0 Å². The minimum atomic E-state index is -3.75. The van der Waals surface area contributed by atoms with Crippen molar-refractivity contribution in [2.45, 2.75) is 24.3 Å². The summed E-state index contributed by atoms with van der Waals surface area (Å²) in [6, 6.07) is 14.8. The van der Waals surface area contributed by atoms with Gasteiger partial charge in [-0.1, -0.05) is 17.7 Å². The van der Waals surface area contributed by atoms with Gasteiger partial charge in [0.25, 0.3) is 10.1 Å². The molecule has 2 heterocycles. The van der Waals surface area contributed by atoms with Crippen molar-refractivity contribution in [3.63, 3.8) is 0 Å². The molecule has 2 aromatic carbocycles. The van der Waals surface area contributed by atoms with Crippen LogP contribution in [0.4, 0.5) is 5.69 Å². The predicted molar refractivity (Wildman–Crippen MR) is 111 cm³/mol. The van der Waals surface area contributed by atoms with Gasteiger partial charge in [-0.2, -0.15) is 8.42 Å². The number of benzene rings is 2. The predicted octanol–water partition coefficient (Wildman–Crippen LogP) is 3.93. The fourth-order valence-corrected chi connectivity index (χ4v) is 4.66. The highest BCUT2D eigenvalue weighted by Crippen LogP contribution is 2.26. The highest BCUT2D eigenvalue weighted by atomic mass is 79.9. The van der Waals surface area contributed by atoms with Crippen molar-refractivity contribution in [1.82, 2.24) is 9.55 Å². The normalized spacial score (nSPS) is 17.2. The van der Waals surface area contributed by atoms with Crippen LogP contribution in [-0.4, -0.2) is 37.2 Å². The minimum absolute atomic E-state index is 0.201. The standard InChI is InChI=1S/C20H20BrN3O3S/c1-15-2-8-19(9-3-15)28(25,26)27-18-10-11-23(12-18)16-4-6-17(7-5-16)24-13-20(21)22-14-24/h2-9,13-14,18H,10-12H2,1H3/t18-/m0/s1. The highest BCUT2D eigenvalue weighted by molar-refractivity contribution is 9.10. The van der Waals surface area contributed by atoms with Gasteiger partial charge in [-0.15, -0.1) is 0 Å². The summed E-state index contributed by atoms with van der Waals surface area (Å²) >= 11 is 3.35. The molecule has 146 valence electrons. The summed E-state index contributed by atoms with van der Waals surface area (Å²) in [7, 11) is -3.75. The molecule has 0 aliphatic carbocycles. The van der Waals surface area contributed by atoms with Gasteiger partial charge in [-0.25, -0.2) is 4.98 Å². The lowest BCUT2D eigenvalue weighted by Gasteiger charge is -2.19. The number of hydrogen-bond acceptors (Lipinski definition) is 5. The van der Waals surface area contributed by atoms with Crippen LogP contribution in [0.3, 0.4) is 0 Å². The van der Waals surface area contributed by atoms with Gasteiger partial charge >= 0.3 is 0 Å². The molecule has 0 unspecified atom stereocenters. The van der Waals surface area contributed by atoms with Crippen LogP contribution < -0.4 is 4.90 Å². The van der Waals surface area contributed by atoms with E-state index >= 15 is 0 Å². The molecule has 0 spiro atoms. The molecule has 3 aromatic rings. The molecule has 0 saturated carbocycles. The van der Waals surface area contributed by atoms with Crippen molar-refractivity contribution in [3.05, 3.63) is 71.2 Å². The SMILES string of the molecule is Cc1ccc(S(=O)(=O)O[C@H]2CCN(c3ccc(-n4cnc(Br)c4)cc3)C2)cc1. The molecule has 0 radical (unpaired) electrons. The molecule has 0 bridgehead atoms. The van der Waals surface area contributed by atoms with E-state index in [1.807, 2.05) is 42.0 Å². The van der Waals surface area contributed by atoms with Crippen LogP contribution >= 0.6 is 15.9 Å². The van der Waals surface area contributed by atoms with Crippen LogP contribution in [0.2, 0.25) is 0 Å². The fraction of sp³-hybridized carbons (Fsp3) is 0.250. The Bertz CT molecular complexity index is 1060. The smallest absolute Gasteiger partial charge is 0.297 e. The minimum Gasteiger partial charge on any atom is -0.369 e. The summed E-state index contributed by atoms with van der Waals surface area (Å²) < 4.78 is 33.2. The topological polar surface area (TPSA) is 64.4 Å². The largest absolute Gasteiger partial charge is 0.369 e. The first kappa shape index (κ1) is 19.2. The zero-order chi connectivity index (χ0) is 19.7. The maximum Gasteiger partial charge on any atom is 0.297 e. The molecule has 4 rings (SSSR count). The number of nitrogens with zero attached hydrogens (tertiary/aromatic N) is 3. The van der Waals surface area contributed by atoms with Gasteiger partial charge in [0.05, 0.1) is 11.0 Å². The van der Waals surface area contributed by atoms with E-state index in [1.54, 1.807) is 30.6 Å². The molecule has 0 amide bonds. The molecule has 8 heteroatoms. The van der Waals surface area contributed by atoms with Crippen LogP contribution in [0.25, 0.3) is 5.69 Å². The van der Waals surface area contributed by atoms with Crippen LogP contribution in [0, 0.1) is 6.92 Å². The van der Waals surface area contributed by atoms with Crippen LogP contribution in [0.1, 0.15) is 12.0 Å². The van der Waals surface area contributed by atoms with Crippen molar-refractivity contribution < 1.29 is 12.6 Å². The zero-order valence-corrected chi connectivity index (χ0v) is 17.7. The molecular formula is C20H20BrN3O3S. The summed E-state index contributed by atoms with van der Waals surface area (Å²) in [6.45, 7) is 3.22. The van der Waals surface area contributed by atoms with Crippen molar-refractivity contribution in [3.8, 4) is 5.69 Å². The third kappa shape index (κ3) is 4.14. The van der Waals surface area contributed by atoms with Gasteiger partial charge in [-0.05, 0) is 65.7 Å². The Balaban J connectivity index is 1.42. The van der Waals surface area contributed by atoms with Crippen LogP contribution in [0.5, 0.6) is 0 Å². The number of aromatic nitrogens is 2. The second-order valence-electron chi connectivity index (χ2n) is 6.84. The Labute approximate surface area is 173 Å². The van der Waals surface area contributed by atoms with E-state index < -0.39 is 10.1 Å². The summed E-state index contributed by atoms with van der Waals surface area (Å²) in [5.41, 5.74) is 3.06. The van der Waals surface area contributed by atoms with E-state index in [0.29, 0.717) is 13.0 Å². The second kappa shape index (κ2) is 7.69. The monoisotopic (exact) mass is 461 g/mol. The summed E-state index contributed by atoms with van der Waals surface area (Å²) in [6.07, 6.45) is 3.95. The lowest BCUT2D eigenvalue weighted by atomic mass is 10.2. The second-order valence-corrected chi connectivity index (χ2v) is 9.22. The van der Waals surface area contributed by atoms with Gasteiger partial charge in [0, 0.05) is 30.7 Å². The maximum atomic E-state index is 12.5. The van der Waals surface area contributed by atoms with E-state index in [9.17, 15) is 8.42 Å². The van der Waals surface area contributed by atoms with Crippen molar-refractivity contribution >= 4 is 31.7 Å². The molecule has 0 N–H and O–H groups in total. The first-order valence-electron chi connectivity index (χ1n) is 8.95. The number of hydrogen-bond donors (Lipinski definition) is 0. The molecule has 1 aliphatic rings. The van der Waals surface area contributed by atoms with Crippen molar-refractivity contribution in [2.24, 2.45) is 0 Å². The van der Waals surface area contributed by atoms with Gasteiger partial charge < -0.3 is 9.47 Å². The lowest BCUT2D eigenvalue weighted by Crippen LogP contribution is -2.24. The van der Waals surface area contributed by atoms with E-state index in [0.717, 1.165) is 28.1 Å². The Morgan fingerprint density at radius 1 is 1.07 bits per heavy atom. The molecular weight excluding hydrogens is 442 g/mol. The molecule has 1 aromatic heterocycles. The van der Waals surface area contributed by atoms with E-state index in [2.05, 4.69) is 25.8 Å². The van der Waals surface area contributed by atoms with E-state index in [4.69, 9.17) is 4.18 Å². The van der Waals surface area contributed by atoms with Crippen molar-refractivity contribution in [2.75, 3.05) is 18.0 Å². The number of imidazole rings is 1. The average Bonchev–Trinajstić information content (AvgIpc) is 3.31. The molecule has 6 nitrogen and oxygen atoms in total. The highest BCUT2D eigenvalue weighted by Gasteiger charge is 2.29. The van der Waals surface area contributed by atoms with Crippen LogP contribution in [-0.2, 0) is 14.3 Å². The third-order valence-electron chi connectivity index (χ3n) is 4.78. The van der Waals surface area contributed by atoms with Gasteiger partial charge in [0.2, 0.25) is 0 Å². The Hall–Kier alpha value is -2.16. The summed E-state index contributed by atoms with van der Waals surface area (Å²) in [5, 5.41) is 0. The first-order valence-corrected chi connectivity index (χ1v) is 11.2. The van der Waals surface area contributed by atoms with Gasteiger partial charge in [-0.3, -0.25) is 4.18 Å². The maximum absolute atomic E-state index is 12.5. The molecule has 1 fully saturated rings. The molecule has 28 heavy (non-hydrogen) atoms. The summed E-state index contributed by atoms with van der Waals surface area (Å²) in [4.78, 5) is 6.51. The Morgan fingerprint density at radius 2 is 1.75 bits per heavy atom. The fourth-order valence-electron chi connectivity index (χ4n) is 3.26. The third-order valence-corrected chi connectivity index (χ3v) is 6.57. The number of anilines is 1. The Morgan fingerprint density at radius 3 is 2.39 bits per heavy atom. The van der Waals surface area contributed by atoms with Crippen LogP contribution in [0.15, 0.2) is 70.6 Å². The summed E-state index contributed by atoms with van der Waals surface area (Å²) in [5.74, 6) is 0. The quantitative estimate of drug-likeness (QED) is 0.538. The van der Waals surface area contributed by atoms with Crippen molar-refractivity contribution in [1.29, 1.82) is 0 Å². The lowest BCUT2D eigenvalue weighted by molar-refractivity contribution is 0.232. The molecule has 1 aliphatic heterocycles. The van der Waals surface area contributed by atoms with E-state index in [1.165, 1.54) is 0 Å². The number of halogens is 1. The molecule has 1 atom stereocenters. The molecule has 1 saturated heterocycles. The average molecular weight is 462 g/mol. The zero-order valence-electron chi connectivity index (χ0n) is 15.3. The number of aryl methyl sites for hydroxylation is 1. The number of rotatable bonds is 5.